The van der Waals surface area contributed by atoms with Gasteiger partial charge < -0.3 is 4.74 Å². The van der Waals surface area contributed by atoms with Gasteiger partial charge in [-0.25, -0.2) is 4.68 Å². The summed E-state index contributed by atoms with van der Waals surface area (Å²) in [6.45, 7) is 2.28. The van der Waals surface area contributed by atoms with Crippen molar-refractivity contribution in [2.45, 2.75) is 19.9 Å². The zero-order valence-corrected chi connectivity index (χ0v) is 16.6. The predicted octanol–water partition coefficient (Wildman–Crippen LogP) is 2.54. The molecule has 0 saturated heterocycles. The van der Waals surface area contributed by atoms with Crippen molar-refractivity contribution in [3.8, 4) is 5.75 Å². The first kappa shape index (κ1) is 20.3. The quantitative estimate of drug-likeness (QED) is 0.624. The molecule has 2 N–H and O–H groups in total. The number of ether oxygens (including phenoxy) is 1. The van der Waals surface area contributed by atoms with Gasteiger partial charge in [-0.2, -0.15) is 5.10 Å². The highest BCUT2D eigenvalue weighted by Gasteiger charge is 2.18. The molecule has 0 spiro atoms. The first-order valence-electron chi connectivity index (χ1n) is 8.90. The van der Waals surface area contributed by atoms with E-state index in [0.29, 0.717) is 34.5 Å². The van der Waals surface area contributed by atoms with E-state index in [9.17, 15) is 14.4 Å². The van der Waals surface area contributed by atoms with Crippen LogP contribution in [0.15, 0.2) is 47.3 Å². The standard InChI is InChI=1S/C20H19ClN4O4/c1-3-10-25-20(28)14-7-5-4-6-13(14)17(24-25)19(27)23-22-18(26)15-11-12(21)8-9-16(15)29-2/h4-9,11H,3,10H2,1-2H3,(H,22,26)(H,23,27). The van der Waals surface area contributed by atoms with Crippen molar-refractivity contribution in [2.75, 3.05) is 7.11 Å². The summed E-state index contributed by atoms with van der Waals surface area (Å²) in [4.78, 5) is 37.7. The Labute approximate surface area is 171 Å². The summed E-state index contributed by atoms with van der Waals surface area (Å²) in [7, 11) is 1.42. The lowest BCUT2D eigenvalue weighted by Crippen LogP contribution is -2.43. The maximum absolute atomic E-state index is 12.7. The average Bonchev–Trinajstić information content (AvgIpc) is 2.74. The zero-order chi connectivity index (χ0) is 21.0. The largest absolute Gasteiger partial charge is 0.496 e. The summed E-state index contributed by atoms with van der Waals surface area (Å²) in [6, 6.07) is 11.3. The average molecular weight is 415 g/mol. The Morgan fingerprint density at radius 3 is 2.48 bits per heavy atom. The first-order valence-corrected chi connectivity index (χ1v) is 9.28. The lowest BCUT2D eigenvalue weighted by atomic mass is 10.1. The van der Waals surface area contributed by atoms with Gasteiger partial charge in [-0.05, 0) is 30.7 Å². The highest BCUT2D eigenvalue weighted by molar-refractivity contribution is 6.31. The summed E-state index contributed by atoms with van der Waals surface area (Å²) >= 11 is 5.94. The molecule has 3 rings (SSSR count). The Hall–Kier alpha value is -3.39. The van der Waals surface area contributed by atoms with Crippen molar-refractivity contribution in [2.24, 2.45) is 0 Å². The van der Waals surface area contributed by atoms with Gasteiger partial charge >= 0.3 is 0 Å². The van der Waals surface area contributed by atoms with Crippen molar-refractivity contribution in [3.05, 3.63) is 69.1 Å². The van der Waals surface area contributed by atoms with Gasteiger partial charge in [-0.15, -0.1) is 0 Å². The molecule has 2 aromatic carbocycles. The molecule has 29 heavy (non-hydrogen) atoms. The van der Waals surface area contributed by atoms with Crippen molar-refractivity contribution in [1.82, 2.24) is 20.6 Å². The Morgan fingerprint density at radius 2 is 1.79 bits per heavy atom. The van der Waals surface area contributed by atoms with Crippen LogP contribution in [0, 0.1) is 0 Å². The molecule has 0 aliphatic rings. The van der Waals surface area contributed by atoms with Crippen LogP contribution in [0.1, 0.15) is 34.2 Å². The fourth-order valence-corrected chi connectivity index (χ4v) is 3.04. The Morgan fingerprint density at radius 1 is 1.10 bits per heavy atom. The number of nitrogens with zero attached hydrogens (tertiary/aromatic N) is 2. The Kier molecular flexibility index (Phi) is 6.13. The van der Waals surface area contributed by atoms with Crippen molar-refractivity contribution < 1.29 is 14.3 Å². The lowest BCUT2D eigenvalue weighted by Gasteiger charge is -2.12. The summed E-state index contributed by atoms with van der Waals surface area (Å²) < 4.78 is 6.39. The molecule has 0 atom stereocenters. The smallest absolute Gasteiger partial charge is 0.290 e. The minimum atomic E-state index is -0.652. The van der Waals surface area contributed by atoms with Crippen LogP contribution in [-0.2, 0) is 6.54 Å². The number of aryl methyl sites for hydroxylation is 1. The SMILES string of the molecule is CCCn1nc(C(=O)NNC(=O)c2cc(Cl)ccc2OC)c2ccccc2c1=O. The molecule has 1 aromatic heterocycles. The first-order chi connectivity index (χ1) is 14.0. The summed E-state index contributed by atoms with van der Waals surface area (Å²) in [6.07, 6.45) is 0.678. The van der Waals surface area contributed by atoms with Crippen LogP contribution >= 0.6 is 11.6 Å². The second-order valence-corrected chi connectivity index (χ2v) is 6.61. The second-order valence-electron chi connectivity index (χ2n) is 6.18. The topological polar surface area (TPSA) is 102 Å². The number of nitrogens with one attached hydrogen (secondary N) is 2. The molecule has 150 valence electrons. The van der Waals surface area contributed by atoms with Gasteiger partial charge in [0, 0.05) is 17.0 Å². The minimum absolute atomic E-state index is 0.0343. The number of aromatic nitrogens is 2. The number of carbonyl (C=O) groups is 2. The molecule has 0 aliphatic carbocycles. The number of hydrazine groups is 1. The van der Waals surface area contributed by atoms with Gasteiger partial charge in [0.05, 0.1) is 18.1 Å². The number of halogens is 1. The van der Waals surface area contributed by atoms with Gasteiger partial charge in [-0.3, -0.25) is 25.2 Å². The molecule has 0 aliphatic heterocycles. The van der Waals surface area contributed by atoms with E-state index in [2.05, 4.69) is 16.0 Å². The van der Waals surface area contributed by atoms with Crippen molar-refractivity contribution in [1.29, 1.82) is 0 Å². The fourth-order valence-electron chi connectivity index (χ4n) is 2.86. The van der Waals surface area contributed by atoms with Gasteiger partial charge in [-0.1, -0.05) is 36.7 Å². The molecule has 9 heteroatoms. The van der Waals surface area contributed by atoms with Crippen LogP contribution < -0.4 is 21.1 Å². The molecule has 8 nitrogen and oxygen atoms in total. The van der Waals surface area contributed by atoms with Crippen molar-refractivity contribution >= 4 is 34.2 Å². The monoisotopic (exact) mass is 414 g/mol. The molecule has 3 aromatic rings. The fraction of sp³-hybridized carbons (Fsp3) is 0.200. The van der Waals surface area contributed by atoms with Crippen LogP contribution in [-0.4, -0.2) is 28.7 Å². The maximum atomic E-state index is 12.7. The normalized spacial score (nSPS) is 10.6. The summed E-state index contributed by atoms with van der Waals surface area (Å²) in [5.74, 6) is -0.953. The molecule has 2 amide bonds. The van der Waals surface area contributed by atoms with E-state index in [-0.39, 0.29) is 16.8 Å². The highest BCUT2D eigenvalue weighted by Crippen LogP contribution is 2.22. The lowest BCUT2D eigenvalue weighted by molar-refractivity contribution is 0.0842. The van der Waals surface area contributed by atoms with E-state index in [1.807, 2.05) is 6.92 Å². The van der Waals surface area contributed by atoms with E-state index < -0.39 is 11.8 Å². The molecule has 0 fully saturated rings. The Bertz CT molecular complexity index is 1140. The number of methoxy groups -OCH3 is 1. The van der Waals surface area contributed by atoms with Crippen molar-refractivity contribution in [3.63, 3.8) is 0 Å². The van der Waals surface area contributed by atoms with Crippen LogP contribution in [0.2, 0.25) is 5.02 Å². The number of benzene rings is 2. The minimum Gasteiger partial charge on any atom is -0.496 e. The molecular formula is C20H19ClN4O4. The summed E-state index contributed by atoms with van der Waals surface area (Å²) in [5, 5.41) is 5.31. The van der Waals surface area contributed by atoms with E-state index in [1.165, 1.54) is 17.9 Å². The van der Waals surface area contributed by atoms with Gasteiger partial charge in [0.1, 0.15) is 5.75 Å². The van der Waals surface area contributed by atoms with Gasteiger partial charge in [0.25, 0.3) is 17.4 Å². The summed E-state index contributed by atoms with van der Waals surface area (Å²) in [5.41, 5.74) is 4.58. The number of hydrogen-bond donors (Lipinski definition) is 2. The number of fused-ring (bicyclic) bond motifs is 1. The Balaban J connectivity index is 1.89. The molecule has 0 bridgehead atoms. The third kappa shape index (κ3) is 4.22. The third-order valence-electron chi connectivity index (χ3n) is 4.21. The van der Waals surface area contributed by atoms with Gasteiger partial charge in [0.15, 0.2) is 5.69 Å². The second kappa shape index (κ2) is 8.74. The van der Waals surface area contributed by atoms with Crippen LogP contribution in [0.3, 0.4) is 0 Å². The van der Waals surface area contributed by atoms with Crippen LogP contribution in [0.4, 0.5) is 0 Å². The number of amides is 2. The third-order valence-corrected chi connectivity index (χ3v) is 4.45. The van der Waals surface area contributed by atoms with Crippen LogP contribution in [0.5, 0.6) is 5.75 Å². The number of carbonyl (C=O) groups excluding carboxylic acids is 2. The molecule has 0 radical (unpaired) electrons. The molecule has 0 saturated carbocycles. The molecule has 0 unspecified atom stereocenters. The zero-order valence-electron chi connectivity index (χ0n) is 15.9. The highest BCUT2D eigenvalue weighted by atomic mass is 35.5. The number of rotatable bonds is 5. The van der Waals surface area contributed by atoms with E-state index in [1.54, 1.807) is 36.4 Å². The van der Waals surface area contributed by atoms with Crippen LogP contribution in [0.25, 0.3) is 10.8 Å². The predicted molar refractivity (Wildman–Crippen MR) is 109 cm³/mol. The van der Waals surface area contributed by atoms with E-state index >= 15 is 0 Å². The van der Waals surface area contributed by atoms with Gasteiger partial charge in [0.2, 0.25) is 0 Å². The van der Waals surface area contributed by atoms with E-state index in [0.717, 1.165) is 0 Å². The number of hydrogen-bond acceptors (Lipinski definition) is 5. The molecule has 1 heterocycles. The van der Waals surface area contributed by atoms with E-state index in [4.69, 9.17) is 16.3 Å². The molecular weight excluding hydrogens is 396 g/mol. The maximum Gasteiger partial charge on any atom is 0.290 e.